The number of fused-ring (bicyclic) bond motifs is 1. The van der Waals surface area contributed by atoms with Crippen LogP contribution in [0.4, 0.5) is 0 Å². The number of allylic oxidation sites excluding steroid dienone is 1. The highest BCUT2D eigenvalue weighted by molar-refractivity contribution is 7.07. The number of ether oxygens (including phenoxy) is 2. The summed E-state index contributed by atoms with van der Waals surface area (Å²) in [4.78, 5) is 34.0. The van der Waals surface area contributed by atoms with Crippen LogP contribution in [0.1, 0.15) is 24.2 Å². The number of nitrogens with one attached hydrogen (secondary N) is 1. The number of aromatic amines is 1. The molecule has 0 spiro atoms. The molecule has 4 rings (SSSR count). The summed E-state index contributed by atoms with van der Waals surface area (Å²) in [6, 6.07) is 10.4. The van der Waals surface area contributed by atoms with Crippen molar-refractivity contribution in [1.29, 1.82) is 0 Å². The van der Waals surface area contributed by atoms with E-state index in [-0.39, 0.29) is 5.56 Å². The van der Waals surface area contributed by atoms with Crippen LogP contribution in [0.5, 0.6) is 5.75 Å². The Morgan fingerprint density at radius 2 is 2.00 bits per heavy atom. The molecule has 1 unspecified atom stereocenters. The summed E-state index contributed by atoms with van der Waals surface area (Å²) in [6.45, 7) is 1.75. The summed E-state index contributed by atoms with van der Waals surface area (Å²) in [6.07, 6.45) is 3.58. The maximum absolute atomic E-state index is 13.3. The van der Waals surface area contributed by atoms with Crippen molar-refractivity contribution in [1.82, 2.24) is 9.55 Å². The van der Waals surface area contributed by atoms with Crippen molar-refractivity contribution in [3.8, 4) is 5.75 Å². The van der Waals surface area contributed by atoms with Crippen molar-refractivity contribution in [2.45, 2.75) is 13.0 Å². The molecule has 0 saturated carbocycles. The average molecular weight is 409 g/mol. The normalized spacial score (nSPS) is 16.4. The number of hydrogen-bond donors (Lipinski definition) is 1. The Morgan fingerprint density at radius 1 is 1.24 bits per heavy atom. The number of nitrogens with zero attached hydrogens (tertiary/aromatic N) is 2. The highest BCUT2D eigenvalue weighted by atomic mass is 32.1. The Balaban J connectivity index is 1.97. The minimum atomic E-state index is -0.629. The van der Waals surface area contributed by atoms with Crippen molar-refractivity contribution in [2.24, 2.45) is 4.99 Å². The SMILES string of the molecule is COC(=O)C1=C(C)N=c2s/c(=C/c3ccc[nH]3)c(=O)n2C1c1ccc(OC)cc1. The molecular formula is C21H19N3O4S. The number of hydrogen-bond acceptors (Lipinski definition) is 6. The zero-order valence-electron chi connectivity index (χ0n) is 16.1. The minimum Gasteiger partial charge on any atom is -0.497 e. The van der Waals surface area contributed by atoms with Crippen LogP contribution in [-0.2, 0) is 9.53 Å². The first kappa shape index (κ1) is 18.9. The number of carbonyl (C=O) groups is 1. The number of H-pyrrole nitrogens is 1. The molecule has 29 heavy (non-hydrogen) atoms. The van der Waals surface area contributed by atoms with Crippen molar-refractivity contribution >= 4 is 23.4 Å². The van der Waals surface area contributed by atoms with Crippen LogP contribution in [-0.4, -0.2) is 29.7 Å². The molecule has 148 valence electrons. The van der Waals surface area contributed by atoms with Gasteiger partial charge >= 0.3 is 5.97 Å². The highest BCUT2D eigenvalue weighted by Gasteiger charge is 2.33. The van der Waals surface area contributed by atoms with Crippen molar-refractivity contribution in [2.75, 3.05) is 14.2 Å². The molecule has 1 aliphatic rings. The third-order valence-electron chi connectivity index (χ3n) is 4.77. The molecule has 3 aromatic rings. The zero-order valence-corrected chi connectivity index (χ0v) is 16.9. The molecule has 1 atom stereocenters. The molecule has 1 aliphatic heterocycles. The monoisotopic (exact) mass is 409 g/mol. The van der Waals surface area contributed by atoms with Gasteiger partial charge in [-0.3, -0.25) is 9.36 Å². The predicted molar refractivity (Wildman–Crippen MR) is 110 cm³/mol. The first-order valence-corrected chi connectivity index (χ1v) is 9.73. The molecular weight excluding hydrogens is 390 g/mol. The van der Waals surface area contributed by atoms with E-state index in [0.717, 1.165) is 11.3 Å². The lowest BCUT2D eigenvalue weighted by atomic mass is 9.96. The second kappa shape index (κ2) is 7.56. The number of thiazole rings is 1. The van der Waals surface area contributed by atoms with Gasteiger partial charge in [-0.25, -0.2) is 9.79 Å². The quantitative estimate of drug-likeness (QED) is 0.665. The molecule has 0 fully saturated rings. The lowest BCUT2D eigenvalue weighted by molar-refractivity contribution is -0.136. The van der Waals surface area contributed by atoms with Crippen molar-refractivity contribution < 1.29 is 14.3 Å². The Hall–Kier alpha value is -3.39. The van der Waals surface area contributed by atoms with Gasteiger partial charge in [0.2, 0.25) is 0 Å². The van der Waals surface area contributed by atoms with E-state index in [4.69, 9.17) is 9.47 Å². The Morgan fingerprint density at radius 3 is 2.62 bits per heavy atom. The van der Waals surface area contributed by atoms with Gasteiger partial charge < -0.3 is 14.5 Å². The maximum Gasteiger partial charge on any atom is 0.338 e. The van der Waals surface area contributed by atoms with Crippen LogP contribution in [0.3, 0.4) is 0 Å². The number of aromatic nitrogens is 2. The van der Waals surface area contributed by atoms with Gasteiger partial charge in [-0.15, -0.1) is 0 Å². The van der Waals surface area contributed by atoms with Gasteiger partial charge in [0, 0.05) is 11.9 Å². The molecule has 3 heterocycles. The van der Waals surface area contributed by atoms with E-state index in [2.05, 4.69) is 9.98 Å². The lowest BCUT2D eigenvalue weighted by Gasteiger charge is -2.24. The van der Waals surface area contributed by atoms with E-state index in [9.17, 15) is 9.59 Å². The Kier molecular flexibility index (Phi) is 4.94. The molecule has 0 radical (unpaired) electrons. The van der Waals surface area contributed by atoms with Crippen LogP contribution in [0.25, 0.3) is 6.08 Å². The molecule has 0 amide bonds. The average Bonchev–Trinajstić information content (AvgIpc) is 3.35. The standard InChI is InChI=1S/C21H19N3O4S/c1-12-17(20(26)28-3)18(13-6-8-15(27-2)9-7-13)24-19(25)16(29-21(24)23-12)11-14-5-4-10-22-14/h4-11,18,22H,1-3H3/b16-11+. The van der Waals surface area contributed by atoms with Crippen LogP contribution >= 0.6 is 11.3 Å². The summed E-state index contributed by atoms with van der Waals surface area (Å²) >= 11 is 1.29. The first-order chi connectivity index (χ1) is 14.0. The topological polar surface area (TPSA) is 85.7 Å². The Bertz CT molecular complexity index is 1260. The van der Waals surface area contributed by atoms with Gasteiger partial charge in [0.25, 0.3) is 5.56 Å². The largest absolute Gasteiger partial charge is 0.497 e. The van der Waals surface area contributed by atoms with Crippen molar-refractivity contribution in [3.63, 3.8) is 0 Å². The minimum absolute atomic E-state index is 0.210. The van der Waals surface area contributed by atoms with E-state index in [1.807, 2.05) is 24.3 Å². The zero-order chi connectivity index (χ0) is 20.5. The highest BCUT2D eigenvalue weighted by Crippen LogP contribution is 2.31. The fourth-order valence-corrected chi connectivity index (χ4v) is 4.41. The van der Waals surface area contributed by atoms with Crippen LogP contribution in [0, 0.1) is 0 Å². The molecule has 2 aromatic heterocycles. The lowest BCUT2D eigenvalue weighted by Crippen LogP contribution is -2.39. The number of esters is 1. The van der Waals surface area contributed by atoms with E-state index >= 15 is 0 Å². The first-order valence-electron chi connectivity index (χ1n) is 8.91. The van der Waals surface area contributed by atoms with E-state index in [1.165, 1.54) is 18.4 Å². The third-order valence-corrected chi connectivity index (χ3v) is 5.75. The molecule has 0 aliphatic carbocycles. The Labute approximate surface area is 170 Å². The maximum atomic E-state index is 13.3. The smallest absolute Gasteiger partial charge is 0.338 e. The van der Waals surface area contributed by atoms with Gasteiger partial charge in [-0.2, -0.15) is 0 Å². The summed E-state index contributed by atoms with van der Waals surface area (Å²) < 4.78 is 12.3. The van der Waals surface area contributed by atoms with Gasteiger partial charge in [-0.1, -0.05) is 23.5 Å². The second-order valence-electron chi connectivity index (χ2n) is 6.47. The van der Waals surface area contributed by atoms with E-state index in [0.29, 0.717) is 26.4 Å². The van der Waals surface area contributed by atoms with Gasteiger partial charge in [0.1, 0.15) is 5.75 Å². The molecule has 8 heteroatoms. The van der Waals surface area contributed by atoms with E-state index < -0.39 is 12.0 Å². The van der Waals surface area contributed by atoms with Crippen LogP contribution < -0.4 is 19.6 Å². The van der Waals surface area contributed by atoms with Gasteiger partial charge in [0.05, 0.1) is 36.1 Å². The van der Waals surface area contributed by atoms with E-state index in [1.54, 1.807) is 43.0 Å². The van der Waals surface area contributed by atoms with Gasteiger partial charge in [0.15, 0.2) is 4.80 Å². The number of carbonyl (C=O) groups excluding carboxylic acids is 1. The molecule has 1 N–H and O–H groups in total. The van der Waals surface area contributed by atoms with Crippen LogP contribution in [0.2, 0.25) is 0 Å². The molecule has 0 bridgehead atoms. The summed E-state index contributed by atoms with van der Waals surface area (Å²) in [5.41, 5.74) is 2.26. The second-order valence-corrected chi connectivity index (χ2v) is 7.48. The number of benzene rings is 1. The fraction of sp³-hybridized carbons (Fsp3) is 0.190. The third kappa shape index (κ3) is 3.31. The predicted octanol–water partition coefficient (Wildman–Crippen LogP) is 1.74. The van der Waals surface area contributed by atoms with Crippen LogP contribution in [0.15, 0.2) is 63.7 Å². The number of methoxy groups -OCH3 is 2. The number of rotatable bonds is 4. The summed E-state index contributed by atoms with van der Waals surface area (Å²) in [5.74, 6) is 0.180. The molecule has 0 saturated heterocycles. The molecule has 1 aromatic carbocycles. The summed E-state index contributed by atoms with van der Waals surface area (Å²) in [5, 5.41) is 0. The van der Waals surface area contributed by atoms with Crippen molar-refractivity contribution in [3.05, 3.63) is 84.8 Å². The summed E-state index contributed by atoms with van der Waals surface area (Å²) in [7, 11) is 2.91. The fourth-order valence-electron chi connectivity index (χ4n) is 3.37. The molecule has 7 nitrogen and oxygen atoms in total. The van der Waals surface area contributed by atoms with Gasteiger partial charge in [-0.05, 0) is 42.8 Å².